The van der Waals surface area contributed by atoms with Crippen molar-refractivity contribution in [2.75, 3.05) is 6.54 Å². The van der Waals surface area contributed by atoms with Gasteiger partial charge in [0.15, 0.2) is 0 Å². The Bertz CT molecular complexity index is 244. The van der Waals surface area contributed by atoms with Crippen molar-refractivity contribution in [2.45, 2.75) is 25.0 Å². The second-order valence-electron chi connectivity index (χ2n) is 2.96. The van der Waals surface area contributed by atoms with Gasteiger partial charge in [0.05, 0.1) is 0 Å². The van der Waals surface area contributed by atoms with Gasteiger partial charge in [-0.1, -0.05) is 0 Å². The van der Waals surface area contributed by atoms with Gasteiger partial charge in [0, 0.05) is 24.2 Å². The molecule has 2 bridgehead atoms. The molecule has 68 valence electrons. The molecule has 0 saturated carbocycles. The Balaban J connectivity index is 2.18. The first-order chi connectivity index (χ1) is 5.68. The lowest BCUT2D eigenvalue weighted by atomic mass is 10.1. The maximum Gasteiger partial charge on any atom is 0.324 e. The maximum absolute atomic E-state index is 11.0. The van der Waals surface area contributed by atoms with E-state index in [1.165, 1.54) is 0 Å². The molecule has 2 aliphatic heterocycles. The van der Waals surface area contributed by atoms with Crippen LogP contribution in [-0.4, -0.2) is 37.7 Å². The first-order valence-electron chi connectivity index (χ1n) is 3.75. The van der Waals surface area contributed by atoms with Crippen LogP contribution < -0.4 is 0 Å². The lowest BCUT2D eigenvalue weighted by Crippen LogP contribution is -2.42. The largest absolute Gasteiger partial charge is 0.760 e. The Morgan fingerprint density at radius 2 is 2.42 bits per heavy atom. The fourth-order valence-corrected chi connectivity index (χ4v) is 2.29. The number of hydrogen-bond donors (Lipinski definition) is 0. The van der Waals surface area contributed by atoms with Crippen molar-refractivity contribution in [1.82, 2.24) is 4.31 Å². The van der Waals surface area contributed by atoms with Crippen LogP contribution in [0.25, 0.3) is 0 Å². The molecule has 2 unspecified atom stereocenters. The third-order valence-corrected chi connectivity index (χ3v) is 3.07. The average Bonchev–Trinajstić information content (AvgIpc) is 2.28. The van der Waals surface area contributed by atoms with E-state index in [0.717, 1.165) is 4.31 Å². The molecule has 2 aliphatic rings. The number of piperidine rings is 1. The summed E-state index contributed by atoms with van der Waals surface area (Å²) in [5.74, 6) is -0.401. The SMILES string of the molecule is O=C1OC2CCN(S(=O)[O-])[C@@H]1C2. The second kappa shape index (κ2) is 2.79. The van der Waals surface area contributed by atoms with Crippen LogP contribution in [0.15, 0.2) is 0 Å². The number of rotatable bonds is 1. The van der Waals surface area contributed by atoms with E-state index in [1.54, 1.807) is 0 Å². The molecule has 5 nitrogen and oxygen atoms in total. The van der Waals surface area contributed by atoms with Gasteiger partial charge in [-0.05, 0) is 6.42 Å². The quantitative estimate of drug-likeness (QED) is 0.399. The Hall–Kier alpha value is -0.460. The summed E-state index contributed by atoms with van der Waals surface area (Å²) >= 11 is -2.29. The van der Waals surface area contributed by atoms with Crippen molar-refractivity contribution >= 4 is 17.2 Å². The molecule has 0 aromatic heterocycles. The highest BCUT2D eigenvalue weighted by atomic mass is 32.2. The van der Waals surface area contributed by atoms with Crippen LogP contribution in [0.5, 0.6) is 0 Å². The van der Waals surface area contributed by atoms with E-state index in [9.17, 15) is 13.6 Å². The van der Waals surface area contributed by atoms with E-state index in [1.807, 2.05) is 0 Å². The number of esters is 1. The second-order valence-corrected chi connectivity index (χ2v) is 3.86. The molecule has 0 amide bonds. The molecule has 0 N–H and O–H groups in total. The number of hydrogen-bond acceptors (Lipinski definition) is 4. The van der Waals surface area contributed by atoms with Gasteiger partial charge in [0.2, 0.25) is 0 Å². The van der Waals surface area contributed by atoms with Gasteiger partial charge in [0.25, 0.3) is 0 Å². The molecule has 3 atom stereocenters. The zero-order valence-corrected chi connectivity index (χ0v) is 7.08. The van der Waals surface area contributed by atoms with Gasteiger partial charge in [-0.2, -0.15) is 0 Å². The van der Waals surface area contributed by atoms with Gasteiger partial charge < -0.3 is 9.29 Å². The zero-order valence-electron chi connectivity index (χ0n) is 6.26. The van der Waals surface area contributed by atoms with Gasteiger partial charge >= 0.3 is 5.97 Å². The zero-order chi connectivity index (χ0) is 8.72. The van der Waals surface area contributed by atoms with Crippen LogP contribution in [0.3, 0.4) is 0 Å². The first-order valence-corrected chi connectivity index (χ1v) is 4.78. The molecule has 0 aliphatic carbocycles. The van der Waals surface area contributed by atoms with Crippen LogP contribution in [0.4, 0.5) is 0 Å². The minimum atomic E-state index is -2.29. The molecule has 0 aromatic rings. The monoisotopic (exact) mass is 190 g/mol. The first kappa shape index (κ1) is 8.15. The summed E-state index contributed by atoms with van der Waals surface area (Å²) < 4.78 is 27.3. The van der Waals surface area contributed by atoms with E-state index >= 15 is 0 Å². The van der Waals surface area contributed by atoms with Gasteiger partial charge in [-0.25, -0.2) is 4.31 Å². The van der Waals surface area contributed by atoms with E-state index < -0.39 is 23.3 Å². The van der Waals surface area contributed by atoms with E-state index in [-0.39, 0.29) is 6.10 Å². The van der Waals surface area contributed by atoms with Crippen LogP contribution in [0, 0.1) is 0 Å². The van der Waals surface area contributed by atoms with E-state index in [0.29, 0.717) is 19.4 Å². The smallest absolute Gasteiger partial charge is 0.324 e. The number of ether oxygens (including phenoxy) is 1. The third kappa shape index (κ3) is 1.16. The Morgan fingerprint density at radius 1 is 1.67 bits per heavy atom. The van der Waals surface area contributed by atoms with Gasteiger partial charge in [-0.3, -0.25) is 9.00 Å². The normalized spacial score (nSPS) is 37.9. The predicted molar refractivity (Wildman–Crippen MR) is 38.5 cm³/mol. The molecule has 12 heavy (non-hydrogen) atoms. The number of fused-ring (bicyclic) bond motifs is 2. The Morgan fingerprint density at radius 3 is 3.08 bits per heavy atom. The topological polar surface area (TPSA) is 69.7 Å². The summed E-state index contributed by atoms with van der Waals surface area (Å²) in [5.41, 5.74) is 0. The third-order valence-electron chi connectivity index (χ3n) is 2.25. The van der Waals surface area contributed by atoms with Crippen molar-refractivity contribution in [3.05, 3.63) is 0 Å². The fourth-order valence-electron chi connectivity index (χ4n) is 1.65. The molecular formula is C6H8NO4S-. The highest BCUT2D eigenvalue weighted by Gasteiger charge is 2.43. The minimum Gasteiger partial charge on any atom is -0.760 e. The number of carbonyl (C=O) groups is 1. The molecule has 2 rings (SSSR count). The van der Waals surface area contributed by atoms with Crippen molar-refractivity contribution in [1.29, 1.82) is 0 Å². The van der Waals surface area contributed by atoms with Crippen molar-refractivity contribution in [3.8, 4) is 0 Å². The van der Waals surface area contributed by atoms with Gasteiger partial charge in [-0.15, -0.1) is 0 Å². The summed E-state index contributed by atoms with van der Waals surface area (Å²) in [7, 11) is 0. The summed E-state index contributed by atoms with van der Waals surface area (Å²) in [4.78, 5) is 11.0. The molecule has 2 heterocycles. The molecule has 6 heteroatoms. The maximum atomic E-state index is 11.0. The molecule has 2 fully saturated rings. The minimum absolute atomic E-state index is 0.0534. The van der Waals surface area contributed by atoms with Crippen molar-refractivity contribution < 1.29 is 18.3 Å². The standard InChI is InChI=1S/C6H9NO4S/c8-6-5-3-4(11-6)1-2-7(5)12(9)10/h4-5H,1-3H2,(H,9,10)/p-1/t4?,5-/m1/s1. The predicted octanol–water partition coefficient (Wildman–Crippen LogP) is -0.830. The lowest BCUT2D eigenvalue weighted by Gasteiger charge is -2.30. The molecule has 0 spiro atoms. The highest BCUT2D eigenvalue weighted by Crippen LogP contribution is 2.28. The van der Waals surface area contributed by atoms with Crippen LogP contribution in [-0.2, 0) is 20.8 Å². The fraction of sp³-hybridized carbons (Fsp3) is 0.833. The van der Waals surface area contributed by atoms with Crippen molar-refractivity contribution in [2.24, 2.45) is 0 Å². The number of carbonyl (C=O) groups excluding carboxylic acids is 1. The Kier molecular flexibility index (Phi) is 1.90. The van der Waals surface area contributed by atoms with Crippen LogP contribution >= 0.6 is 0 Å². The highest BCUT2D eigenvalue weighted by molar-refractivity contribution is 7.76. The van der Waals surface area contributed by atoms with E-state index in [4.69, 9.17) is 4.74 Å². The Labute approximate surface area is 72.1 Å². The summed E-state index contributed by atoms with van der Waals surface area (Å²) in [5, 5.41) is 0. The summed E-state index contributed by atoms with van der Waals surface area (Å²) in [6.07, 6.45) is 1.09. The van der Waals surface area contributed by atoms with Crippen LogP contribution in [0.1, 0.15) is 12.8 Å². The van der Waals surface area contributed by atoms with E-state index in [2.05, 4.69) is 0 Å². The lowest BCUT2D eigenvalue weighted by molar-refractivity contribution is -0.142. The average molecular weight is 190 g/mol. The molecular weight excluding hydrogens is 182 g/mol. The number of nitrogens with zero attached hydrogens (tertiary/aromatic N) is 1. The van der Waals surface area contributed by atoms with Crippen LogP contribution in [0.2, 0.25) is 0 Å². The summed E-state index contributed by atoms with van der Waals surface area (Å²) in [6.45, 7) is 0.400. The van der Waals surface area contributed by atoms with Gasteiger partial charge in [0.1, 0.15) is 12.1 Å². The molecule has 0 radical (unpaired) electrons. The van der Waals surface area contributed by atoms with Crippen molar-refractivity contribution in [3.63, 3.8) is 0 Å². The molecule has 2 saturated heterocycles. The molecule has 0 aromatic carbocycles. The summed E-state index contributed by atoms with van der Waals surface area (Å²) in [6, 6.07) is -0.554.